The quantitative estimate of drug-likeness (QED) is 0.619. The van der Waals surface area contributed by atoms with Crippen LogP contribution in [0.3, 0.4) is 0 Å². The van der Waals surface area contributed by atoms with Gasteiger partial charge in [-0.25, -0.2) is 8.42 Å². The molecule has 28 heavy (non-hydrogen) atoms. The second-order valence-electron chi connectivity index (χ2n) is 7.78. The van der Waals surface area contributed by atoms with Gasteiger partial charge >= 0.3 is 0 Å². The Morgan fingerprint density at radius 3 is 2.75 bits per heavy atom. The van der Waals surface area contributed by atoms with Gasteiger partial charge in [0.15, 0.2) is 11.4 Å². The van der Waals surface area contributed by atoms with Gasteiger partial charge < -0.3 is 9.26 Å². The second-order valence-corrected chi connectivity index (χ2v) is 9.51. The van der Waals surface area contributed by atoms with Crippen molar-refractivity contribution in [2.45, 2.75) is 33.2 Å². The molecule has 0 unspecified atom stereocenters. The molecular weight excluding hydrogens is 380 g/mol. The van der Waals surface area contributed by atoms with E-state index in [9.17, 15) is 8.42 Å². The fraction of sp³-hybridized carbons (Fsp3) is 0.474. The first-order valence-electron chi connectivity index (χ1n) is 9.26. The van der Waals surface area contributed by atoms with E-state index in [1.807, 2.05) is 24.4 Å². The molecule has 1 N–H and O–H groups in total. The summed E-state index contributed by atoms with van der Waals surface area (Å²) in [6.07, 6.45) is 5.44. The van der Waals surface area contributed by atoms with Crippen LogP contribution in [0.4, 0.5) is 5.82 Å². The van der Waals surface area contributed by atoms with Gasteiger partial charge in [-0.3, -0.25) is 9.40 Å². The van der Waals surface area contributed by atoms with E-state index in [0.717, 1.165) is 18.4 Å². The van der Waals surface area contributed by atoms with E-state index in [4.69, 9.17) is 9.26 Å². The van der Waals surface area contributed by atoms with Crippen LogP contribution in [-0.2, 0) is 16.6 Å². The average Bonchev–Trinajstić information content (AvgIpc) is 3.04. The van der Waals surface area contributed by atoms with Gasteiger partial charge in [0.1, 0.15) is 11.1 Å². The summed E-state index contributed by atoms with van der Waals surface area (Å²) in [5.41, 5.74) is 1.24. The van der Waals surface area contributed by atoms with E-state index in [-0.39, 0.29) is 17.0 Å². The van der Waals surface area contributed by atoms with Crippen molar-refractivity contribution in [3.63, 3.8) is 0 Å². The molecule has 1 fully saturated rings. The molecule has 0 saturated heterocycles. The van der Waals surface area contributed by atoms with Crippen LogP contribution in [0, 0.1) is 11.3 Å². The van der Waals surface area contributed by atoms with Crippen molar-refractivity contribution in [2.75, 3.05) is 17.6 Å². The Labute approximate surface area is 163 Å². The molecule has 1 saturated carbocycles. The predicted octanol–water partition coefficient (Wildman–Crippen LogP) is 3.26. The molecule has 4 rings (SSSR count). The predicted molar refractivity (Wildman–Crippen MR) is 106 cm³/mol. The smallest absolute Gasteiger partial charge is 0.234 e. The number of benzene rings is 1. The highest BCUT2D eigenvalue weighted by atomic mass is 32.2. The van der Waals surface area contributed by atoms with Crippen LogP contribution in [-0.4, -0.2) is 36.2 Å². The Morgan fingerprint density at radius 2 is 2.14 bits per heavy atom. The van der Waals surface area contributed by atoms with E-state index in [2.05, 4.69) is 28.8 Å². The van der Waals surface area contributed by atoms with Crippen molar-refractivity contribution in [3.05, 3.63) is 36.2 Å². The number of hydrogen-bond acceptors (Lipinski definition) is 6. The van der Waals surface area contributed by atoms with Gasteiger partial charge in [0.25, 0.3) is 0 Å². The summed E-state index contributed by atoms with van der Waals surface area (Å²) in [4.78, 5) is 0. The molecule has 1 aliphatic carbocycles. The average molecular weight is 404 g/mol. The molecule has 1 aliphatic rings. The number of rotatable bonds is 8. The van der Waals surface area contributed by atoms with Crippen LogP contribution >= 0.6 is 0 Å². The lowest BCUT2D eigenvalue weighted by atomic mass is 9.95. The molecule has 2 aromatic heterocycles. The lowest BCUT2D eigenvalue weighted by Crippen LogP contribution is -2.27. The maximum atomic E-state index is 12.7. The van der Waals surface area contributed by atoms with Gasteiger partial charge in [0.05, 0.1) is 19.4 Å². The zero-order valence-corrected chi connectivity index (χ0v) is 17.0. The summed E-state index contributed by atoms with van der Waals surface area (Å²) in [7, 11) is -2.02. The van der Waals surface area contributed by atoms with Crippen molar-refractivity contribution in [3.8, 4) is 5.75 Å². The number of methoxy groups -OCH3 is 1. The number of hydrogen-bond donors (Lipinski definition) is 1. The Hall–Kier alpha value is -2.55. The standard InChI is InChI=1S/C19H24N4O4S/c1-13(2)19(5-6-19)12-28(24,25)22-18-17-15(26-3)9-14(10-16(17)27-21-18)11-23-8-4-7-20-23/h4,7-10,13H,5-6,11-12H2,1-3H3,(H,21,22). The van der Waals surface area contributed by atoms with Gasteiger partial charge in [-0.15, -0.1) is 0 Å². The first kappa shape index (κ1) is 18.8. The second kappa shape index (κ2) is 6.80. The highest BCUT2D eigenvalue weighted by Gasteiger charge is 2.48. The fourth-order valence-electron chi connectivity index (χ4n) is 3.60. The van der Waals surface area contributed by atoms with Crippen LogP contribution in [0.15, 0.2) is 35.1 Å². The molecule has 9 heteroatoms. The fourth-order valence-corrected chi connectivity index (χ4v) is 5.49. The van der Waals surface area contributed by atoms with Crippen LogP contribution in [0.5, 0.6) is 5.75 Å². The van der Waals surface area contributed by atoms with Gasteiger partial charge in [-0.05, 0) is 47.9 Å². The Kier molecular flexibility index (Phi) is 4.57. The molecular formula is C19H24N4O4S. The lowest BCUT2D eigenvalue weighted by molar-refractivity contribution is 0.396. The third kappa shape index (κ3) is 3.58. The molecule has 0 amide bonds. The summed E-state index contributed by atoms with van der Waals surface area (Å²) in [5, 5.41) is 8.67. The highest BCUT2D eigenvalue weighted by molar-refractivity contribution is 7.92. The number of anilines is 1. The number of sulfonamides is 1. The summed E-state index contributed by atoms with van der Waals surface area (Å²) in [6, 6.07) is 5.51. The monoisotopic (exact) mass is 404 g/mol. The van der Waals surface area contributed by atoms with Crippen LogP contribution in [0.2, 0.25) is 0 Å². The van der Waals surface area contributed by atoms with Gasteiger partial charge in [-0.1, -0.05) is 19.0 Å². The number of ether oxygens (including phenoxy) is 1. The number of fused-ring (bicyclic) bond motifs is 1. The third-order valence-electron chi connectivity index (χ3n) is 5.57. The molecule has 0 aliphatic heterocycles. The minimum absolute atomic E-state index is 0.0890. The first-order valence-corrected chi connectivity index (χ1v) is 10.9. The van der Waals surface area contributed by atoms with Crippen LogP contribution < -0.4 is 9.46 Å². The van der Waals surface area contributed by atoms with Crippen molar-refractivity contribution in [1.82, 2.24) is 14.9 Å². The molecule has 8 nitrogen and oxygen atoms in total. The van der Waals surface area contributed by atoms with E-state index >= 15 is 0 Å². The Morgan fingerprint density at radius 1 is 1.36 bits per heavy atom. The summed E-state index contributed by atoms with van der Waals surface area (Å²) >= 11 is 0. The van der Waals surface area contributed by atoms with E-state index in [0.29, 0.717) is 29.2 Å². The molecule has 150 valence electrons. The molecule has 3 aromatic rings. The van der Waals surface area contributed by atoms with E-state index < -0.39 is 10.0 Å². The maximum absolute atomic E-state index is 12.7. The van der Waals surface area contributed by atoms with E-state index in [1.165, 1.54) is 7.11 Å². The molecule has 0 spiro atoms. The number of nitrogens with one attached hydrogen (secondary N) is 1. The normalized spacial score (nSPS) is 15.9. The lowest BCUT2D eigenvalue weighted by Gasteiger charge is -2.19. The maximum Gasteiger partial charge on any atom is 0.234 e. The van der Waals surface area contributed by atoms with E-state index in [1.54, 1.807) is 10.9 Å². The molecule has 1 aromatic carbocycles. The molecule has 0 bridgehead atoms. The van der Waals surface area contributed by atoms with Crippen molar-refractivity contribution < 1.29 is 17.7 Å². The molecule has 0 atom stereocenters. The number of nitrogens with zero attached hydrogens (tertiary/aromatic N) is 3. The highest BCUT2D eigenvalue weighted by Crippen LogP contribution is 2.52. The largest absolute Gasteiger partial charge is 0.496 e. The molecule has 2 heterocycles. The third-order valence-corrected chi connectivity index (χ3v) is 7.03. The SMILES string of the molecule is COc1cc(Cn2cccn2)cc2onc(NS(=O)(=O)CC3(C(C)C)CC3)c12. The summed E-state index contributed by atoms with van der Waals surface area (Å²) < 4.78 is 40.7. The number of aromatic nitrogens is 3. The van der Waals surface area contributed by atoms with Crippen LogP contribution in [0.25, 0.3) is 11.0 Å². The van der Waals surface area contributed by atoms with Gasteiger partial charge in [0, 0.05) is 12.4 Å². The van der Waals surface area contributed by atoms with Gasteiger partial charge in [-0.2, -0.15) is 5.10 Å². The zero-order chi connectivity index (χ0) is 19.9. The first-order chi connectivity index (χ1) is 13.3. The van der Waals surface area contributed by atoms with Crippen LogP contribution in [0.1, 0.15) is 32.3 Å². The summed E-state index contributed by atoms with van der Waals surface area (Å²) in [6.45, 7) is 4.67. The Bertz CT molecular complexity index is 1080. The topological polar surface area (TPSA) is 99.2 Å². The molecule has 0 radical (unpaired) electrons. The van der Waals surface area contributed by atoms with Crippen molar-refractivity contribution in [1.29, 1.82) is 0 Å². The summed E-state index contributed by atoms with van der Waals surface area (Å²) in [5.74, 6) is 1.07. The van der Waals surface area contributed by atoms with Crippen molar-refractivity contribution >= 4 is 26.8 Å². The zero-order valence-electron chi connectivity index (χ0n) is 16.2. The van der Waals surface area contributed by atoms with Crippen molar-refractivity contribution in [2.24, 2.45) is 11.3 Å². The minimum Gasteiger partial charge on any atom is -0.496 e. The van der Waals surface area contributed by atoms with Gasteiger partial charge in [0.2, 0.25) is 10.0 Å². The minimum atomic E-state index is -3.55. The Balaban J connectivity index is 1.63.